The monoisotopic (exact) mass is 379 g/mol. The van der Waals surface area contributed by atoms with Gasteiger partial charge in [-0.15, -0.1) is 11.8 Å². The number of carbonyl (C=O) groups excluding carboxylic acids is 1. The van der Waals surface area contributed by atoms with E-state index in [1.807, 2.05) is 41.5 Å². The lowest BCUT2D eigenvalue weighted by atomic mass is 10.1. The lowest BCUT2D eigenvalue weighted by Crippen LogP contribution is -2.24. The molecule has 0 saturated carbocycles. The molecule has 1 amide bonds. The number of nitrogens with zero attached hydrogens (tertiary/aromatic N) is 3. The van der Waals surface area contributed by atoms with Crippen LogP contribution in [0.5, 0.6) is 0 Å². The third-order valence-corrected chi connectivity index (χ3v) is 5.55. The zero-order valence-electron chi connectivity index (χ0n) is 15.4. The topological polar surface area (TPSA) is 59.2 Å². The second kappa shape index (κ2) is 7.56. The average Bonchev–Trinajstić information content (AvgIpc) is 3.29. The highest BCUT2D eigenvalue weighted by molar-refractivity contribution is 7.98. The number of benzene rings is 2. The second-order valence-electron chi connectivity index (χ2n) is 6.85. The fraction of sp³-hybridized carbons (Fsp3) is 0.286. The van der Waals surface area contributed by atoms with Gasteiger partial charge < -0.3 is 9.42 Å². The van der Waals surface area contributed by atoms with Crippen molar-refractivity contribution in [2.24, 2.45) is 0 Å². The minimum Gasteiger partial charge on any atom is -0.339 e. The number of thioether (sulfide) groups is 1. The smallest absolute Gasteiger partial charge is 0.232 e. The third kappa shape index (κ3) is 3.90. The van der Waals surface area contributed by atoms with Gasteiger partial charge in [0.2, 0.25) is 17.6 Å². The summed E-state index contributed by atoms with van der Waals surface area (Å²) in [6.45, 7) is 3.29. The Hall–Kier alpha value is -2.60. The molecule has 3 aromatic rings. The number of hydrogen-bond acceptors (Lipinski definition) is 5. The van der Waals surface area contributed by atoms with Crippen LogP contribution in [0, 0.1) is 6.92 Å². The van der Waals surface area contributed by atoms with Crippen molar-refractivity contribution in [3.63, 3.8) is 0 Å². The van der Waals surface area contributed by atoms with Gasteiger partial charge >= 0.3 is 0 Å². The number of aryl methyl sites for hydroxylation is 1. The van der Waals surface area contributed by atoms with Crippen molar-refractivity contribution < 1.29 is 9.32 Å². The number of likely N-dealkylation sites (tertiary alicyclic amines) is 1. The lowest BCUT2D eigenvalue weighted by Gasteiger charge is -2.16. The molecular weight excluding hydrogens is 358 g/mol. The Morgan fingerprint density at radius 1 is 1.22 bits per heavy atom. The average molecular weight is 379 g/mol. The number of rotatable bonds is 5. The van der Waals surface area contributed by atoms with E-state index < -0.39 is 0 Å². The summed E-state index contributed by atoms with van der Waals surface area (Å²) < 4.78 is 5.48. The van der Waals surface area contributed by atoms with E-state index in [2.05, 4.69) is 35.3 Å². The summed E-state index contributed by atoms with van der Waals surface area (Å²) in [5.74, 6) is 1.20. The molecule has 1 saturated heterocycles. The van der Waals surface area contributed by atoms with Crippen molar-refractivity contribution in [3.05, 3.63) is 65.5 Å². The quantitative estimate of drug-likeness (QED) is 0.619. The van der Waals surface area contributed by atoms with Gasteiger partial charge in [0.1, 0.15) is 0 Å². The predicted molar refractivity (Wildman–Crippen MR) is 105 cm³/mol. The van der Waals surface area contributed by atoms with E-state index in [-0.39, 0.29) is 11.8 Å². The molecule has 2 aromatic carbocycles. The Morgan fingerprint density at radius 3 is 2.78 bits per heavy atom. The molecule has 138 valence electrons. The van der Waals surface area contributed by atoms with E-state index in [1.165, 1.54) is 10.5 Å². The van der Waals surface area contributed by atoms with Crippen LogP contribution in [0.3, 0.4) is 0 Å². The zero-order valence-corrected chi connectivity index (χ0v) is 16.2. The van der Waals surface area contributed by atoms with Gasteiger partial charge in [-0.05, 0) is 43.0 Å². The molecule has 2 heterocycles. The van der Waals surface area contributed by atoms with Gasteiger partial charge in [-0.2, -0.15) is 4.98 Å². The maximum atomic E-state index is 12.4. The molecular formula is C21H21N3O2S. The standard InChI is InChI=1S/C21H21N3O2S/c1-14-4-3-5-15(10-14)12-24-13-17(11-19(24)25)21-22-20(23-26-21)16-6-8-18(27-2)9-7-16/h3-10,17H,11-13H2,1-2H3. The van der Waals surface area contributed by atoms with Crippen LogP contribution in [-0.4, -0.2) is 33.7 Å². The summed E-state index contributed by atoms with van der Waals surface area (Å²) in [5.41, 5.74) is 3.26. The number of carbonyl (C=O) groups is 1. The zero-order chi connectivity index (χ0) is 18.8. The van der Waals surface area contributed by atoms with Crippen molar-refractivity contribution >= 4 is 17.7 Å². The van der Waals surface area contributed by atoms with Gasteiger partial charge in [0.25, 0.3) is 0 Å². The Bertz CT molecular complexity index is 952. The van der Waals surface area contributed by atoms with E-state index >= 15 is 0 Å². The first-order chi connectivity index (χ1) is 13.1. The first kappa shape index (κ1) is 17.8. The van der Waals surface area contributed by atoms with Gasteiger partial charge in [-0.25, -0.2) is 0 Å². The van der Waals surface area contributed by atoms with E-state index in [9.17, 15) is 4.79 Å². The molecule has 0 N–H and O–H groups in total. The Kier molecular flexibility index (Phi) is 4.99. The molecule has 4 rings (SSSR count). The van der Waals surface area contributed by atoms with Crippen LogP contribution in [0.25, 0.3) is 11.4 Å². The fourth-order valence-electron chi connectivity index (χ4n) is 3.38. The van der Waals surface area contributed by atoms with Crippen molar-refractivity contribution in [2.75, 3.05) is 12.8 Å². The molecule has 1 aromatic heterocycles. The first-order valence-corrected chi connectivity index (χ1v) is 10.2. The SMILES string of the molecule is CSc1ccc(-c2noc(C3CC(=O)N(Cc4cccc(C)c4)C3)n2)cc1. The molecule has 5 nitrogen and oxygen atoms in total. The molecule has 0 spiro atoms. The molecule has 27 heavy (non-hydrogen) atoms. The molecule has 0 aliphatic carbocycles. The van der Waals surface area contributed by atoms with Crippen LogP contribution in [0.4, 0.5) is 0 Å². The number of amides is 1. The number of hydrogen-bond donors (Lipinski definition) is 0. The van der Waals surface area contributed by atoms with Crippen molar-refractivity contribution in [2.45, 2.75) is 30.7 Å². The first-order valence-electron chi connectivity index (χ1n) is 8.94. The molecule has 1 fully saturated rings. The van der Waals surface area contributed by atoms with Gasteiger partial charge in [-0.3, -0.25) is 4.79 Å². The van der Waals surface area contributed by atoms with E-state index in [0.717, 1.165) is 11.1 Å². The highest BCUT2D eigenvalue weighted by atomic mass is 32.2. The Labute approximate surface area is 162 Å². The predicted octanol–water partition coefficient (Wildman–Crippen LogP) is 4.28. The molecule has 0 radical (unpaired) electrons. The summed E-state index contributed by atoms with van der Waals surface area (Å²) in [7, 11) is 0. The Morgan fingerprint density at radius 2 is 2.04 bits per heavy atom. The minimum atomic E-state index is -0.0472. The minimum absolute atomic E-state index is 0.0472. The van der Waals surface area contributed by atoms with Crippen LogP contribution in [-0.2, 0) is 11.3 Å². The third-order valence-electron chi connectivity index (χ3n) is 4.81. The van der Waals surface area contributed by atoms with E-state index in [0.29, 0.717) is 31.2 Å². The van der Waals surface area contributed by atoms with Crippen LogP contribution in [0.2, 0.25) is 0 Å². The fourth-order valence-corrected chi connectivity index (χ4v) is 3.79. The Balaban J connectivity index is 1.46. The van der Waals surface area contributed by atoms with E-state index in [4.69, 9.17) is 4.52 Å². The van der Waals surface area contributed by atoms with Crippen LogP contribution in [0.15, 0.2) is 57.9 Å². The van der Waals surface area contributed by atoms with Gasteiger partial charge in [0.05, 0.1) is 5.92 Å². The van der Waals surface area contributed by atoms with Gasteiger partial charge in [0.15, 0.2) is 0 Å². The van der Waals surface area contributed by atoms with Crippen molar-refractivity contribution in [1.29, 1.82) is 0 Å². The summed E-state index contributed by atoms with van der Waals surface area (Å²) in [6.07, 6.45) is 2.46. The van der Waals surface area contributed by atoms with Crippen LogP contribution < -0.4 is 0 Å². The molecule has 1 atom stereocenters. The molecule has 0 bridgehead atoms. The number of aromatic nitrogens is 2. The molecule has 1 aliphatic rings. The van der Waals surface area contributed by atoms with Crippen molar-refractivity contribution in [1.82, 2.24) is 15.0 Å². The van der Waals surface area contributed by atoms with Gasteiger partial charge in [-0.1, -0.05) is 35.0 Å². The second-order valence-corrected chi connectivity index (χ2v) is 7.73. The summed E-state index contributed by atoms with van der Waals surface area (Å²) >= 11 is 1.69. The normalized spacial score (nSPS) is 16.9. The summed E-state index contributed by atoms with van der Waals surface area (Å²) in [6, 6.07) is 16.3. The highest BCUT2D eigenvalue weighted by Crippen LogP contribution is 2.30. The maximum Gasteiger partial charge on any atom is 0.232 e. The molecule has 1 aliphatic heterocycles. The van der Waals surface area contributed by atoms with Crippen LogP contribution >= 0.6 is 11.8 Å². The van der Waals surface area contributed by atoms with Crippen LogP contribution in [0.1, 0.15) is 29.4 Å². The van der Waals surface area contributed by atoms with Gasteiger partial charge in [0, 0.05) is 30.0 Å². The molecule has 1 unspecified atom stereocenters. The highest BCUT2D eigenvalue weighted by Gasteiger charge is 2.34. The summed E-state index contributed by atoms with van der Waals surface area (Å²) in [4.78, 5) is 20.0. The van der Waals surface area contributed by atoms with Crippen molar-refractivity contribution in [3.8, 4) is 11.4 Å². The maximum absolute atomic E-state index is 12.4. The molecule has 6 heteroatoms. The largest absolute Gasteiger partial charge is 0.339 e. The lowest BCUT2D eigenvalue weighted by molar-refractivity contribution is -0.128. The summed E-state index contributed by atoms with van der Waals surface area (Å²) in [5, 5.41) is 4.11. The van der Waals surface area contributed by atoms with E-state index in [1.54, 1.807) is 11.8 Å².